The Kier molecular flexibility index (Phi) is 4.79. The van der Waals surface area contributed by atoms with E-state index in [0.717, 1.165) is 17.8 Å². The average molecular weight is 281 g/mol. The Hall–Kier alpha value is -0.100. The summed E-state index contributed by atoms with van der Waals surface area (Å²) in [6, 6.07) is 2.75. The molecule has 0 spiro atoms. The van der Waals surface area contributed by atoms with Crippen LogP contribution in [0.15, 0.2) is 16.3 Å². The lowest BCUT2D eigenvalue weighted by molar-refractivity contribution is 0.463. The molecule has 6 heteroatoms. The van der Waals surface area contributed by atoms with Gasteiger partial charge in [-0.25, -0.2) is 13.1 Å². The number of hydrogen-bond donors (Lipinski definition) is 1. The zero-order chi connectivity index (χ0) is 12.3. The van der Waals surface area contributed by atoms with Crippen molar-refractivity contribution in [1.82, 2.24) is 4.72 Å². The highest BCUT2D eigenvalue weighted by Gasteiger charge is 2.21. The molecule has 0 aliphatic rings. The molecular weight excluding hydrogens is 266 g/mol. The molecule has 1 N–H and O–H groups in total. The molecule has 0 aliphatic heterocycles. The van der Waals surface area contributed by atoms with Crippen LogP contribution in [-0.4, -0.2) is 14.5 Å². The van der Waals surface area contributed by atoms with E-state index < -0.39 is 10.0 Å². The van der Waals surface area contributed by atoms with E-state index in [0.29, 0.717) is 4.34 Å². The lowest BCUT2D eigenvalue weighted by Crippen LogP contribution is -2.36. The molecule has 1 aromatic rings. The fourth-order valence-electron chi connectivity index (χ4n) is 1.10. The molecular formula is C10H15ClNO2S2. The Morgan fingerprint density at radius 3 is 2.62 bits per heavy atom. The van der Waals surface area contributed by atoms with Gasteiger partial charge in [0.15, 0.2) is 0 Å². The molecule has 0 fully saturated rings. The smallest absolute Gasteiger partial charge is 0.207 e. The summed E-state index contributed by atoms with van der Waals surface area (Å²) in [5.41, 5.74) is 0. The van der Waals surface area contributed by atoms with E-state index in [-0.39, 0.29) is 16.2 Å². The molecule has 1 rings (SSSR count). The largest absolute Gasteiger partial charge is 0.250 e. The summed E-state index contributed by atoms with van der Waals surface area (Å²) in [5, 5.41) is 0. The van der Waals surface area contributed by atoms with Crippen LogP contribution in [0, 0.1) is 12.8 Å². The number of hydrogen-bond acceptors (Lipinski definition) is 3. The van der Waals surface area contributed by atoms with E-state index in [9.17, 15) is 8.42 Å². The third kappa shape index (κ3) is 3.45. The number of rotatable bonds is 5. The molecule has 0 unspecified atom stereocenters. The quantitative estimate of drug-likeness (QED) is 0.901. The summed E-state index contributed by atoms with van der Waals surface area (Å²) in [7, 11) is -3.47. The van der Waals surface area contributed by atoms with Gasteiger partial charge in [0.1, 0.15) is 4.21 Å². The van der Waals surface area contributed by atoms with Crippen LogP contribution >= 0.6 is 22.9 Å². The lowest BCUT2D eigenvalue weighted by Gasteiger charge is -2.18. The van der Waals surface area contributed by atoms with Gasteiger partial charge in [-0.05, 0) is 25.0 Å². The highest BCUT2D eigenvalue weighted by atomic mass is 35.5. The van der Waals surface area contributed by atoms with Crippen molar-refractivity contribution in [1.29, 1.82) is 0 Å². The predicted octanol–water partition coefficient (Wildman–Crippen LogP) is 2.93. The van der Waals surface area contributed by atoms with Gasteiger partial charge in [-0.15, -0.1) is 11.3 Å². The van der Waals surface area contributed by atoms with E-state index in [2.05, 4.69) is 11.6 Å². The number of thiophene rings is 1. The highest BCUT2D eigenvalue weighted by Crippen LogP contribution is 2.25. The van der Waals surface area contributed by atoms with Gasteiger partial charge in [-0.2, -0.15) is 0 Å². The van der Waals surface area contributed by atoms with Gasteiger partial charge in [0.2, 0.25) is 10.0 Å². The molecule has 91 valence electrons. The maximum absolute atomic E-state index is 11.9. The standard InChI is InChI=1S/C10H15ClNO2S2/c1-4-7(2)8(3)12-16(13,14)10-6-5-9(11)15-10/h5-8,12H,3-4H2,1-2H3/t7-,8+/m1/s1. The molecule has 1 aromatic heterocycles. The summed E-state index contributed by atoms with van der Waals surface area (Å²) in [6.45, 7) is 7.77. The first-order valence-electron chi connectivity index (χ1n) is 4.97. The summed E-state index contributed by atoms with van der Waals surface area (Å²) < 4.78 is 27.0. The fraction of sp³-hybridized carbons (Fsp3) is 0.500. The Balaban J connectivity index is 2.80. The molecule has 16 heavy (non-hydrogen) atoms. The van der Waals surface area contributed by atoms with Crippen LogP contribution in [-0.2, 0) is 10.0 Å². The van der Waals surface area contributed by atoms with Crippen LogP contribution in [0.5, 0.6) is 0 Å². The topological polar surface area (TPSA) is 46.2 Å². The normalized spacial score (nSPS) is 16.0. The van der Waals surface area contributed by atoms with Gasteiger partial charge in [0, 0.05) is 6.04 Å². The lowest BCUT2D eigenvalue weighted by atomic mass is 10.0. The Labute approximate surface area is 106 Å². The molecule has 1 radical (unpaired) electrons. The van der Waals surface area contributed by atoms with Crippen molar-refractivity contribution in [2.75, 3.05) is 0 Å². The molecule has 2 atom stereocenters. The summed E-state index contributed by atoms with van der Waals surface area (Å²) in [5.74, 6) is 0.199. The van der Waals surface area contributed by atoms with Crippen molar-refractivity contribution in [3.8, 4) is 0 Å². The van der Waals surface area contributed by atoms with Crippen LogP contribution in [0.2, 0.25) is 4.34 Å². The fourth-order valence-corrected chi connectivity index (χ4v) is 3.86. The minimum Gasteiger partial charge on any atom is -0.207 e. The zero-order valence-corrected chi connectivity index (χ0v) is 11.6. The van der Waals surface area contributed by atoms with Crippen LogP contribution in [0.4, 0.5) is 0 Å². The second-order valence-electron chi connectivity index (χ2n) is 3.67. The molecule has 1 heterocycles. The average Bonchev–Trinajstić information content (AvgIpc) is 2.63. The van der Waals surface area contributed by atoms with Gasteiger partial charge in [0.25, 0.3) is 0 Å². The highest BCUT2D eigenvalue weighted by molar-refractivity contribution is 7.91. The summed E-state index contributed by atoms with van der Waals surface area (Å²) in [4.78, 5) is 0. The maximum atomic E-state index is 11.9. The molecule has 0 bridgehead atoms. The number of nitrogens with one attached hydrogen (secondary N) is 1. The molecule has 0 saturated carbocycles. The van der Waals surface area contributed by atoms with Crippen molar-refractivity contribution in [2.45, 2.75) is 30.5 Å². The van der Waals surface area contributed by atoms with Crippen LogP contribution in [0.3, 0.4) is 0 Å². The first-order chi connectivity index (χ1) is 7.36. The molecule has 3 nitrogen and oxygen atoms in total. The van der Waals surface area contributed by atoms with Gasteiger partial charge < -0.3 is 0 Å². The van der Waals surface area contributed by atoms with Crippen LogP contribution in [0.25, 0.3) is 0 Å². The van der Waals surface area contributed by atoms with E-state index in [1.807, 2.05) is 13.8 Å². The first kappa shape index (κ1) is 14.0. The molecule has 0 aromatic carbocycles. The molecule has 0 aliphatic carbocycles. The number of halogens is 1. The van der Waals surface area contributed by atoms with Gasteiger partial charge >= 0.3 is 0 Å². The molecule has 0 amide bonds. The van der Waals surface area contributed by atoms with Crippen molar-refractivity contribution >= 4 is 33.0 Å². The van der Waals surface area contributed by atoms with E-state index in [1.54, 1.807) is 6.07 Å². The Morgan fingerprint density at radius 1 is 1.56 bits per heavy atom. The minimum atomic E-state index is -3.47. The number of sulfonamides is 1. The van der Waals surface area contributed by atoms with Crippen molar-refractivity contribution in [3.63, 3.8) is 0 Å². The van der Waals surface area contributed by atoms with Gasteiger partial charge in [0.05, 0.1) is 4.34 Å². The third-order valence-corrected chi connectivity index (χ3v) is 5.66. The van der Waals surface area contributed by atoms with Crippen molar-refractivity contribution < 1.29 is 8.42 Å². The van der Waals surface area contributed by atoms with E-state index >= 15 is 0 Å². The zero-order valence-electron chi connectivity index (χ0n) is 9.23. The Bertz CT molecular complexity index is 441. The summed E-state index contributed by atoms with van der Waals surface area (Å²) in [6.07, 6.45) is 0.877. The SMILES string of the molecule is [CH2][C@H](NS(=O)(=O)c1ccc(Cl)s1)[C@H](C)CC. The Morgan fingerprint density at radius 2 is 2.19 bits per heavy atom. The second kappa shape index (κ2) is 5.49. The van der Waals surface area contributed by atoms with Crippen LogP contribution in [0.1, 0.15) is 20.3 Å². The van der Waals surface area contributed by atoms with Gasteiger partial charge in [-0.1, -0.05) is 31.9 Å². The molecule has 0 saturated heterocycles. The summed E-state index contributed by atoms with van der Waals surface area (Å²) >= 11 is 6.75. The van der Waals surface area contributed by atoms with E-state index in [4.69, 9.17) is 11.6 Å². The maximum Gasteiger partial charge on any atom is 0.250 e. The minimum absolute atomic E-state index is 0.199. The monoisotopic (exact) mass is 280 g/mol. The van der Waals surface area contributed by atoms with Crippen molar-refractivity contribution in [2.24, 2.45) is 5.92 Å². The second-order valence-corrected chi connectivity index (χ2v) is 7.33. The first-order valence-corrected chi connectivity index (χ1v) is 7.65. The van der Waals surface area contributed by atoms with Crippen molar-refractivity contribution in [3.05, 3.63) is 23.4 Å². The third-order valence-electron chi connectivity index (χ3n) is 2.45. The van der Waals surface area contributed by atoms with E-state index in [1.165, 1.54) is 6.07 Å². The van der Waals surface area contributed by atoms with Gasteiger partial charge in [-0.3, -0.25) is 0 Å². The van der Waals surface area contributed by atoms with Crippen LogP contribution < -0.4 is 4.72 Å². The predicted molar refractivity (Wildman–Crippen MR) is 68.3 cm³/mol.